The van der Waals surface area contributed by atoms with Crippen LogP contribution in [-0.4, -0.2) is 35.0 Å². The number of benzene rings is 3. The Morgan fingerprint density at radius 2 is 1.00 bits per heavy atom. The molecule has 3 aromatic carbocycles. The fourth-order valence-electron chi connectivity index (χ4n) is 4.26. The molecule has 0 fully saturated rings. The van der Waals surface area contributed by atoms with E-state index < -0.39 is 0 Å². The monoisotopic (exact) mass is 566 g/mol. The van der Waals surface area contributed by atoms with Gasteiger partial charge < -0.3 is 22.9 Å². The van der Waals surface area contributed by atoms with Gasteiger partial charge in [-0.05, 0) is 42.2 Å². The lowest BCUT2D eigenvalue weighted by atomic mass is 10.1. The van der Waals surface area contributed by atoms with Crippen molar-refractivity contribution in [3.8, 4) is 43.7 Å². The van der Waals surface area contributed by atoms with Crippen molar-refractivity contribution < 1.29 is 0 Å². The molecule has 0 radical (unpaired) electrons. The Balaban J connectivity index is 1.32. The molecule has 0 unspecified atom stereocenters. The molecule has 0 bridgehead atoms. The Kier molecular flexibility index (Phi) is 8.48. The van der Waals surface area contributed by atoms with Gasteiger partial charge in [0.15, 0.2) is 11.9 Å². The van der Waals surface area contributed by atoms with Crippen LogP contribution in [0.1, 0.15) is 11.1 Å². The van der Waals surface area contributed by atoms with Gasteiger partial charge in [-0.1, -0.05) is 54.6 Å². The zero-order valence-corrected chi connectivity index (χ0v) is 23.5. The van der Waals surface area contributed by atoms with Gasteiger partial charge in [-0.2, -0.15) is 0 Å². The lowest BCUT2D eigenvalue weighted by Crippen LogP contribution is -2.23. The summed E-state index contributed by atoms with van der Waals surface area (Å²) in [6.07, 6.45) is 1.53. The Hall–Kier alpha value is -4.54. The second-order valence-corrected chi connectivity index (χ2v) is 10.9. The quantitative estimate of drug-likeness (QED) is 0.139. The van der Waals surface area contributed by atoms with Gasteiger partial charge in [-0.15, -0.1) is 22.7 Å². The highest BCUT2D eigenvalue weighted by atomic mass is 32.1. The Labute approximate surface area is 241 Å². The van der Waals surface area contributed by atoms with Gasteiger partial charge in [0.2, 0.25) is 0 Å². The Morgan fingerprint density at radius 3 is 1.45 bits per heavy atom. The van der Waals surface area contributed by atoms with Crippen LogP contribution in [-0.2, 0) is 12.8 Å². The van der Waals surface area contributed by atoms with Crippen LogP contribution in [0.4, 0.5) is 0 Å². The zero-order chi connectivity index (χ0) is 27.9. The van der Waals surface area contributed by atoms with Crippen LogP contribution in [0.5, 0.6) is 0 Å². The molecule has 0 aliphatic rings. The Bertz CT molecular complexity index is 1540. The molecule has 10 heteroatoms. The van der Waals surface area contributed by atoms with Crippen molar-refractivity contribution >= 4 is 34.6 Å². The van der Waals surface area contributed by atoms with E-state index in [1.54, 1.807) is 22.7 Å². The minimum atomic E-state index is 0.113. The highest BCUT2D eigenvalue weighted by Crippen LogP contribution is 2.34. The molecule has 0 amide bonds. The molecular formula is C30H30N8S2. The number of thiazole rings is 2. The van der Waals surface area contributed by atoms with Crippen LogP contribution in [0, 0.1) is 0 Å². The van der Waals surface area contributed by atoms with E-state index in [-0.39, 0.29) is 11.9 Å². The minimum Gasteiger partial charge on any atom is -0.370 e. The zero-order valence-electron chi connectivity index (χ0n) is 21.8. The summed E-state index contributed by atoms with van der Waals surface area (Å²) in [5.74, 6) is 0.225. The number of hydrogen-bond acceptors (Lipinski definition) is 6. The molecule has 5 aromatic rings. The highest BCUT2D eigenvalue weighted by Gasteiger charge is 2.11. The topological polar surface area (TPSA) is 155 Å². The number of rotatable bonds is 10. The molecule has 0 aliphatic heterocycles. The van der Waals surface area contributed by atoms with E-state index in [1.165, 1.54) is 0 Å². The summed E-state index contributed by atoms with van der Waals surface area (Å²) in [5.41, 5.74) is 30.3. The first-order valence-corrected chi connectivity index (χ1v) is 14.5. The van der Waals surface area contributed by atoms with Crippen molar-refractivity contribution in [1.82, 2.24) is 9.97 Å². The molecule has 0 saturated heterocycles. The van der Waals surface area contributed by atoms with Gasteiger partial charge in [-0.25, -0.2) is 9.97 Å². The maximum atomic E-state index is 5.44. The van der Waals surface area contributed by atoms with Gasteiger partial charge in [-0.3, -0.25) is 9.98 Å². The maximum Gasteiger partial charge on any atom is 0.185 e. The SMILES string of the molecule is NC(N)=NCCc1cccc(-c2csc(-c3cccc(-c4nc(-c5cccc(CCN=C(N)N)c5)cs4)c3)n2)c1. The number of nitrogens with zero attached hydrogens (tertiary/aromatic N) is 4. The van der Waals surface area contributed by atoms with E-state index in [1.807, 2.05) is 12.1 Å². The third-order valence-electron chi connectivity index (χ3n) is 6.20. The summed E-state index contributed by atoms with van der Waals surface area (Å²) >= 11 is 3.27. The number of nitrogens with two attached hydrogens (primary N) is 4. The third kappa shape index (κ3) is 6.90. The number of aromatic nitrogens is 2. The molecule has 40 heavy (non-hydrogen) atoms. The summed E-state index contributed by atoms with van der Waals surface area (Å²) in [7, 11) is 0. The predicted molar refractivity (Wildman–Crippen MR) is 168 cm³/mol. The van der Waals surface area contributed by atoms with Crippen molar-refractivity contribution in [2.24, 2.45) is 32.9 Å². The normalized spacial score (nSPS) is 10.8. The first-order valence-electron chi connectivity index (χ1n) is 12.8. The van der Waals surface area contributed by atoms with Gasteiger partial charge in [0.25, 0.3) is 0 Å². The fraction of sp³-hybridized carbons (Fsp3) is 0.133. The van der Waals surface area contributed by atoms with Crippen molar-refractivity contribution in [3.05, 3.63) is 94.7 Å². The molecule has 2 aromatic heterocycles. The van der Waals surface area contributed by atoms with Crippen molar-refractivity contribution in [2.45, 2.75) is 12.8 Å². The van der Waals surface area contributed by atoms with Crippen LogP contribution in [0.3, 0.4) is 0 Å². The van der Waals surface area contributed by atoms with Gasteiger partial charge in [0.1, 0.15) is 10.0 Å². The second kappa shape index (κ2) is 12.5. The van der Waals surface area contributed by atoms with Crippen molar-refractivity contribution in [1.29, 1.82) is 0 Å². The summed E-state index contributed by atoms with van der Waals surface area (Å²) in [6.45, 7) is 1.12. The van der Waals surface area contributed by atoms with Crippen LogP contribution in [0.2, 0.25) is 0 Å². The molecule has 0 saturated carbocycles. The van der Waals surface area contributed by atoms with Crippen molar-refractivity contribution in [3.63, 3.8) is 0 Å². The van der Waals surface area contributed by atoms with E-state index in [2.05, 4.69) is 81.4 Å². The van der Waals surface area contributed by atoms with E-state index >= 15 is 0 Å². The standard InChI is InChI=1S/C30H30N8S2/c31-29(32)35-12-10-19-4-1-6-21(14-19)25-17-39-27(37-25)23-8-3-9-24(16-23)28-38-26(18-40-28)22-7-2-5-20(15-22)11-13-36-30(33)34/h1-9,14-18H,10-13H2,(H4,31,32,35)(H4,33,34,36). The summed E-state index contributed by atoms with van der Waals surface area (Å²) < 4.78 is 0. The summed E-state index contributed by atoms with van der Waals surface area (Å²) in [6, 6.07) is 25.1. The molecule has 0 aliphatic carbocycles. The number of guanidine groups is 2. The molecule has 2 heterocycles. The van der Waals surface area contributed by atoms with Crippen LogP contribution in [0.15, 0.2) is 93.5 Å². The molecule has 8 nitrogen and oxygen atoms in total. The lowest BCUT2D eigenvalue weighted by Gasteiger charge is -2.03. The highest BCUT2D eigenvalue weighted by molar-refractivity contribution is 7.14. The smallest absolute Gasteiger partial charge is 0.185 e. The average Bonchev–Trinajstić information content (AvgIpc) is 3.64. The third-order valence-corrected chi connectivity index (χ3v) is 7.98. The van der Waals surface area contributed by atoms with E-state index in [4.69, 9.17) is 32.9 Å². The Morgan fingerprint density at radius 1 is 0.575 bits per heavy atom. The van der Waals surface area contributed by atoms with Crippen LogP contribution < -0.4 is 22.9 Å². The predicted octanol–water partition coefficient (Wildman–Crippen LogP) is 4.90. The maximum absolute atomic E-state index is 5.44. The first-order chi connectivity index (χ1) is 19.4. The summed E-state index contributed by atoms with van der Waals surface area (Å²) in [4.78, 5) is 18.0. The summed E-state index contributed by atoms with van der Waals surface area (Å²) in [5, 5.41) is 6.12. The van der Waals surface area contributed by atoms with Crippen molar-refractivity contribution in [2.75, 3.05) is 13.1 Å². The van der Waals surface area contributed by atoms with Crippen LogP contribution >= 0.6 is 22.7 Å². The number of hydrogen-bond donors (Lipinski definition) is 4. The van der Waals surface area contributed by atoms with Gasteiger partial charge in [0.05, 0.1) is 11.4 Å². The molecular weight excluding hydrogens is 537 g/mol. The first kappa shape index (κ1) is 27.0. The molecule has 0 spiro atoms. The van der Waals surface area contributed by atoms with Gasteiger partial charge >= 0.3 is 0 Å². The van der Waals surface area contributed by atoms with E-state index in [9.17, 15) is 0 Å². The second-order valence-electron chi connectivity index (χ2n) is 9.17. The molecule has 5 rings (SSSR count). The van der Waals surface area contributed by atoms with Crippen LogP contribution in [0.25, 0.3) is 43.7 Å². The average molecular weight is 567 g/mol. The molecule has 0 atom stereocenters. The largest absolute Gasteiger partial charge is 0.370 e. The van der Waals surface area contributed by atoms with E-state index in [0.717, 1.165) is 67.6 Å². The van der Waals surface area contributed by atoms with E-state index in [0.29, 0.717) is 13.1 Å². The molecule has 202 valence electrons. The van der Waals surface area contributed by atoms with Gasteiger partial charge in [0, 0.05) is 46.1 Å². The molecule has 8 N–H and O–H groups in total. The number of aliphatic imine (C=N–C) groups is 2. The minimum absolute atomic E-state index is 0.113. The lowest BCUT2D eigenvalue weighted by molar-refractivity contribution is 0.962. The fourth-order valence-corrected chi connectivity index (χ4v) is 5.92.